The van der Waals surface area contributed by atoms with Crippen LogP contribution in [0.4, 0.5) is 5.69 Å². The lowest BCUT2D eigenvalue weighted by Crippen LogP contribution is -2.35. The van der Waals surface area contributed by atoms with Crippen LogP contribution >= 0.6 is 12.2 Å². The van der Waals surface area contributed by atoms with Crippen molar-refractivity contribution in [3.63, 3.8) is 0 Å². The van der Waals surface area contributed by atoms with Crippen LogP contribution in [0, 0.1) is 0 Å². The quantitative estimate of drug-likeness (QED) is 0.831. The zero-order valence-electron chi connectivity index (χ0n) is 11.9. The molecule has 104 valence electrons. The van der Waals surface area contributed by atoms with E-state index in [-0.39, 0.29) is 5.91 Å². The summed E-state index contributed by atoms with van der Waals surface area (Å²) in [6.45, 7) is 4.18. The van der Waals surface area contributed by atoms with Crippen LogP contribution in [0.25, 0.3) is 0 Å². The lowest BCUT2D eigenvalue weighted by molar-refractivity contribution is 0.0827. The van der Waals surface area contributed by atoms with Gasteiger partial charge in [0.15, 0.2) is 5.11 Å². The van der Waals surface area contributed by atoms with E-state index < -0.39 is 0 Å². The molecule has 0 saturated carbocycles. The van der Waals surface area contributed by atoms with E-state index in [2.05, 4.69) is 24.5 Å². The van der Waals surface area contributed by atoms with Gasteiger partial charge in [0.1, 0.15) is 0 Å². The highest BCUT2D eigenvalue weighted by atomic mass is 32.1. The Kier molecular flexibility index (Phi) is 5.76. The van der Waals surface area contributed by atoms with Gasteiger partial charge in [-0.3, -0.25) is 4.79 Å². The Labute approximate surface area is 120 Å². The average molecular weight is 279 g/mol. The molecule has 0 aliphatic rings. The third-order valence-electron chi connectivity index (χ3n) is 2.79. The first-order valence-corrected chi connectivity index (χ1v) is 6.74. The molecule has 0 bridgehead atoms. The molecule has 4 nitrogen and oxygen atoms in total. The molecule has 0 aromatic heterocycles. The van der Waals surface area contributed by atoms with Crippen molar-refractivity contribution in [3.05, 3.63) is 29.8 Å². The van der Waals surface area contributed by atoms with Gasteiger partial charge in [0.2, 0.25) is 0 Å². The lowest BCUT2D eigenvalue weighted by Gasteiger charge is -2.15. The van der Waals surface area contributed by atoms with Crippen molar-refractivity contribution in [1.29, 1.82) is 0 Å². The number of hydrogen-bond donors (Lipinski definition) is 2. The molecule has 0 radical (unpaired) electrons. The molecule has 0 spiro atoms. The van der Waals surface area contributed by atoms with Crippen molar-refractivity contribution in [2.75, 3.05) is 19.4 Å². The Morgan fingerprint density at radius 1 is 1.32 bits per heavy atom. The fourth-order valence-corrected chi connectivity index (χ4v) is 1.77. The lowest BCUT2D eigenvalue weighted by atomic mass is 10.2. The molecule has 1 rings (SSSR count). The summed E-state index contributed by atoms with van der Waals surface area (Å²) < 4.78 is 0. The number of carbonyl (C=O) groups excluding carboxylic acids is 1. The molecular weight excluding hydrogens is 258 g/mol. The highest BCUT2D eigenvalue weighted by Crippen LogP contribution is 2.10. The molecule has 1 aromatic carbocycles. The van der Waals surface area contributed by atoms with Gasteiger partial charge < -0.3 is 15.5 Å². The van der Waals surface area contributed by atoms with Crippen LogP contribution in [0.2, 0.25) is 0 Å². The van der Waals surface area contributed by atoms with Crippen LogP contribution in [-0.4, -0.2) is 36.1 Å². The predicted molar refractivity (Wildman–Crippen MR) is 83.6 cm³/mol. The summed E-state index contributed by atoms with van der Waals surface area (Å²) >= 11 is 5.21. The third-order valence-corrected chi connectivity index (χ3v) is 3.01. The molecule has 0 unspecified atom stereocenters. The first kappa shape index (κ1) is 15.4. The molecular formula is C14H21N3OS. The van der Waals surface area contributed by atoms with E-state index in [1.807, 2.05) is 12.1 Å². The van der Waals surface area contributed by atoms with E-state index in [9.17, 15) is 4.79 Å². The fraction of sp³-hybridized carbons (Fsp3) is 0.429. The van der Waals surface area contributed by atoms with Crippen LogP contribution in [0.1, 0.15) is 30.6 Å². The van der Waals surface area contributed by atoms with Crippen molar-refractivity contribution in [3.8, 4) is 0 Å². The number of anilines is 1. The number of rotatable bonds is 4. The van der Waals surface area contributed by atoms with Crippen molar-refractivity contribution in [1.82, 2.24) is 10.2 Å². The maximum Gasteiger partial charge on any atom is 0.253 e. The van der Waals surface area contributed by atoms with Crippen LogP contribution in [-0.2, 0) is 0 Å². The van der Waals surface area contributed by atoms with Gasteiger partial charge in [-0.1, -0.05) is 6.92 Å². The molecule has 19 heavy (non-hydrogen) atoms. The zero-order valence-corrected chi connectivity index (χ0v) is 12.7. The largest absolute Gasteiger partial charge is 0.360 e. The van der Waals surface area contributed by atoms with Gasteiger partial charge in [0.05, 0.1) is 0 Å². The van der Waals surface area contributed by atoms with Gasteiger partial charge in [-0.2, -0.15) is 0 Å². The number of carbonyl (C=O) groups is 1. The summed E-state index contributed by atoms with van der Waals surface area (Å²) in [7, 11) is 3.47. The van der Waals surface area contributed by atoms with E-state index >= 15 is 0 Å². The van der Waals surface area contributed by atoms with Gasteiger partial charge in [-0.05, 0) is 49.8 Å². The van der Waals surface area contributed by atoms with Crippen LogP contribution in [0.5, 0.6) is 0 Å². The maximum atomic E-state index is 11.7. The monoisotopic (exact) mass is 279 g/mol. The van der Waals surface area contributed by atoms with E-state index in [1.54, 1.807) is 31.1 Å². The standard InChI is InChI=1S/C14H21N3OS/c1-5-10(2)15-14(19)16-12-8-6-11(7-9-12)13(18)17(3)4/h6-10H,5H2,1-4H3,(H2,15,16,19)/t10-/m1/s1. The van der Waals surface area contributed by atoms with E-state index in [4.69, 9.17) is 12.2 Å². The van der Waals surface area contributed by atoms with E-state index in [0.717, 1.165) is 12.1 Å². The first-order chi connectivity index (χ1) is 8.93. The first-order valence-electron chi connectivity index (χ1n) is 6.33. The second-order valence-corrected chi connectivity index (χ2v) is 5.09. The second kappa shape index (κ2) is 7.09. The topological polar surface area (TPSA) is 44.4 Å². The Balaban J connectivity index is 2.62. The minimum atomic E-state index is -0.00754. The van der Waals surface area contributed by atoms with Gasteiger partial charge in [0.25, 0.3) is 5.91 Å². The van der Waals surface area contributed by atoms with Crippen LogP contribution in [0.3, 0.4) is 0 Å². The summed E-state index contributed by atoms with van der Waals surface area (Å²) in [4.78, 5) is 13.3. The third kappa shape index (κ3) is 4.87. The minimum Gasteiger partial charge on any atom is -0.360 e. The summed E-state index contributed by atoms with van der Waals surface area (Å²) in [5.41, 5.74) is 1.53. The smallest absolute Gasteiger partial charge is 0.253 e. The highest BCUT2D eigenvalue weighted by Gasteiger charge is 2.07. The van der Waals surface area contributed by atoms with Crippen molar-refractivity contribution < 1.29 is 4.79 Å². The predicted octanol–water partition coefficient (Wildman–Crippen LogP) is 2.47. The molecule has 0 aliphatic carbocycles. The molecule has 5 heteroatoms. The normalized spacial score (nSPS) is 11.6. The number of thiocarbonyl (C=S) groups is 1. The van der Waals surface area contributed by atoms with E-state index in [1.165, 1.54) is 0 Å². The number of hydrogen-bond acceptors (Lipinski definition) is 2. The summed E-state index contributed by atoms with van der Waals surface area (Å²) in [6.07, 6.45) is 1.01. The van der Waals surface area contributed by atoms with Crippen LogP contribution in [0.15, 0.2) is 24.3 Å². The van der Waals surface area contributed by atoms with Gasteiger partial charge in [-0.15, -0.1) is 0 Å². The van der Waals surface area contributed by atoms with Gasteiger partial charge in [-0.25, -0.2) is 0 Å². The molecule has 0 aliphatic heterocycles. The average Bonchev–Trinajstić information content (AvgIpc) is 2.38. The number of benzene rings is 1. The van der Waals surface area contributed by atoms with E-state index in [0.29, 0.717) is 16.7 Å². The molecule has 1 atom stereocenters. The van der Waals surface area contributed by atoms with Crippen molar-refractivity contribution in [2.45, 2.75) is 26.3 Å². The summed E-state index contributed by atoms with van der Waals surface area (Å²) in [6, 6.07) is 7.62. The molecule has 1 aromatic rings. The summed E-state index contributed by atoms with van der Waals surface area (Å²) in [5, 5.41) is 6.87. The Hall–Kier alpha value is -1.62. The number of nitrogens with zero attached hydrogens (tertiary/aromatic N) is 1. The maximum absolute atomic E-state index is 11.7. The molecule has 0 heterocycles. The Bertz CT molecular complexity index is 443. The zero-order chi connectivity index (χ0) is 14.4. The van der Waals surface area contributed by atoms with Gasteiger partial charge in [0, 0.05) is 31.4 Å². The fourth-order valence-electron chi connectivity index (χ4n) is 1.45. The van der Waals surface area contributed by atoms with Crippen LogP contribution < -0.4 is 10.6 Å². The van der Waals surface area contributed by atoms with Crippen molar-refractivity contribution >= 4 is 28.9 Å². The number of amides is 1. The second-order valence-electron chi connectivity index (χ2n) is 4.68. The summed E-state index contributed by atoms with van der Waals surface area (Å²) in [5.74, 6) is -0.00754. The molecule has 1 amide bonds. The number of nitrogens with one attached hydrogen (secondary N) is 2. The Morgan fingerprint density at radius 3 is 2.37 bits per heavy atom. The SMILES string of the molecule is CC[C@@H](C)NC(=S)Nc1ccc(C(=O)N(C)C)cc1. The molecule has 2 N–H and O–H groups in total. The van der Waals surface area contributed by atoms with Crippen molar-refractivity contribution in [2.24, 2.45) is 0 Å². The van der Waals surface area contributed by atoms with Gasteiger partial charge >= 0.3 is 0 Å². The highest BCUT2D eigenvalue weighted by molar-refractivity contribution is 7.80. The molecule has 0 saturated heterocycles. The molecule has 0 fully saturated rings. The minimum absolute atomic E-state index is 0.00754. The Morgan fingerprint density at radius 2 is 1.89 bits per heavy atom.